The zero-order valence-corrected chi connectivity index (χ0v) is 18.3. The van der Waals surface area contributed by atoms with E-state index >= 15 is 0 Å². The van der Waals surface area contributed by atoms with Gasteiger partial charge in [-0.2, -0.15) is 0 Å². The van der Waals surface area contributed by atoms with E-state index in [1.54, 1.807) is 12.4 Å². The molecule has 1 aliphatic rings. The Hall–Kier alpha value is -2.83. The van der Waals surface area contributed by atoms with Gasteiger partial charge in [0.05, 0.1) is 30.0 Å². The Morgan fingerprint density at radius 3 is 2.71 bits per heavy atom. The van der Waals surface area contributed by atoms with Gasteiger partial charge in [0.1, 0.15) is 0 Å². The van der Waals surface area contributed by atoms with Crippen LogP contribution in [0.15, 0.2) is 54.9 Å². The summed E-state index contributed by atoms with van der Waals surface area (Å²) in [7, 11) is 0. The summed E-state index contributed by atoms with van der Waals surface area (Å²) in [5.74, 6) is 0.495. The summed E-state index contributed by atoms with van der Waals surface area (Å²) < 4.78 is 5.51. The lowest BCUT2D eigenvalue weighted by Crippen LogP contribution is -2.49. The first kappa shape index (κ1) is 21.4. The van der Waals surface area contributed by atoms with Gasteiger partial charge < -0.3 is 10.1 Å². The number of hydrogen-bond acceptors (Lipinski definition) is 5. The van der Waals surface area contributed by atoms with Gasteiger partial charge in [-0.05, 0) is 36.6 Å². The van der Waals surface area contributed by atoms with Gasteiger partial charge in [0.25, 0.3) is 5.91 Å². The van der Waals surface area contributed by atoms with E-state index in [9.17, 15) is 4.79 Å². The largest absolute Gasteiger partial charge is 0.379 e. The Balaban J connectivity index is 1.59. The van der Waals surface area contributed by atoms with Gasteiger partial charge in [-0.25, -0.2) is 4.98 Å². The van der Waals surface area contributed by atoms with Crippen LogP contribution in [0.4, 0.5) is 0 Å². The molecule has 1 fully saturated rings. The summed E-state index contributed by atoms with van der Waals surface area (Å²) in [5, 5.41) is 4.07. The van der Waals surface area contributed by atoms with E-state index in [1.807, 2.05) is 42.5 Å². The number of ether oxygens (including phenoxy) is 1. The average Bonchev–Trinajstić information content (AvgIpc) is 2.81. The number of nitrogens with one attached hydrogen (secondary N) is 1. The molecule has 1 atom stereocenters. The number of pyridine rings is 2. The minimum absolute atomic E-state index is 0.0641. The van der Waals surface area contributed by atoms with Crippen LogP contribution in [-0.2, 0) is 4.74 Å². The summed E-state index contributed by atoms with van der Waals surface area (Å²) in [6.07, 6.45) is 4.55. The van der Waals surface area contributed by atoms with Crippen LogP contribution < -0.4 is 5.32 Å². The maximum absolute atomic E-state index is 13.3. The second kappa shape index (κ2) is 9.98. The second-order valence-electron chi connectivity index (χ2n) is 8.46. The fourth-order valence-electron chi connectivity index (χ4n) is 4.18. The van der Waals surface area contributed by atoms with Gasteiger partial charge in [-0.1, -0.05) is 32.0 Å². The first-order chi connectivity index (χ1) is 15.1. The van der Waals surface area contributed by atoms with Crippen molar-refractivity contribution >= 4 is 16.8 Å². The van der Waals surface area contributed by atoms with E-state index in [2.05, 4.69) is 29.0 Å². The Kier molecular flexibility index (Phi) is 6.89. The Morgan fingerprint density at radius 1 is 1.16 bits per heavy atom. The van der Waals surface area contributed by atoms with Crippen molar-refractivity contribution in [3.05, 3.63) is 60.4 Å². The molecule has 6 heteroatoms. The van der Waals surface area contributed by atoms with Crippen molar-refractivity contribution in [1.82, 2.24) is 20.2 Å². The maximum Gasteiger partial charge on any atom is 0.252 e. The highest BCUT2D eigenvalue weighted by Gasteiger charge is 2.23. The minimum Gasteiger partial charge on any atom is -0.379 e. The number of rotatable bonds is 7. The summed E-state index contributed by atoms with van der Waals surface area (Å²) in [6, 6.07) is 13.8. The van der Waals surface area contributed by atoms with Crippen molar-refractivity contribution in [2.24, 2.45) is 5.92 Å². The molecule has 1 aromatic carbocycles. The monoisotopic (exact) mass is 418 g/mol. The number of hydrogen-bond donors (Lipinski definition) is 1. The predicted molar refractivity (Wildman–Crippen MR) is 123 cm³/mol. The average molecular weight is 419 g/mol. The summed E-state index contributed by atoms with van der Waals surface area (Å²) in [5.41, 5.74) is 3.10. The van der Waals surface area contributed by atoms with Crippen LogP contribution in [0.2, 0.25) is 0 Å². The summed E-state index contributed by atoms with van der Waals surface area (Å²) >= 11 is 0. The third kappa shape index (κ3) is 5.27. The van der Waals surface area contributed by atoms with Crippen molar-refractivity contribution in [1.29, 1.82) is 0 Å². The van der Waals surface area contributed by atoms with Gasteiger partial charge in [-0.15, -0.1) is 0 Å². The second-order valence-corrected chi connectivity index (χ2v) is 8.46. The van der Waals surface area contributed by atoms with Crippen molar-refractivity contribution < 1.29 is 9.53 Å². The van der Waals surface area contributed by atoms with Crippen LogP contribution in [0.1, 0.15) is 30.6 Å². The molecule has 0 aliphatic carbocycles. The lowest BCUT2D eigenvalue weighted by Gasteiger charge is -2.35. The number of nitrogens with zero attached hydrogens (tertiary/aromatic N) is 3. The van der Waals surface area contributed by atoms with Crippen LogP contribution in [0, 0.1) is 5.92 Å². The lowest BCUT2D eigenvalue weighted by atomic mass is 10.0. The predicted octanol–water partition coefficient (Wildman–Crippen LogP) is 3.77. The molecule has 3 heterocycles. The molecule has 4 rings (SSSR count). The van der Waals surface area contributed by atoms with Gasteiger partial charge >= 0.3 is 0 Å². The molecule has 0 bridgehead atoms. The molecular formula is C25H30N4O2. The molecule has 3 aromatic rings. The van der Waals surface area contributed by atoms with Gasteiger partial charge in [0.2, 0.25) is 0 Å². The lowest BCUT2D eigenvalue weighted by molar-refractivity contribution is 0.0124. The number of benzene rings is 1. The Morgan fingerprint density at radius 2 is 1.97 bits per heavy atom. The number of carbonyl (C=O) groups is 1. The van der Waals surface area contributed by atoms with Crippen LogP contribution >= 0.6 is 0 Å². The van der Waals surface area contributed by atoms with Gasteiger partial charge in [0, 0.05) is 49.0 Å². The van der Waals surface area contributed by atoms with Crippen LogP contribution in [0.3, 0.4) is 0 Å². The smallest absolute Gasteiger partial charge is 0.252 e. The Labute approximate surface area is 183 Å². The van der Waals surface area contributed by atoms with Crippen LogP contribution in [0.5, 0.6) is 0 Å². The fraction of sp³-hybridized carbons (Fsp3) is 0.400. The number of amides is 1. The SMILES string of the molecule is CC(C)CC(CNC(=O)c1cc(-c2cccnc2)nc2ccccc12)N1CCOCC1. The summed E-state index contributed by atoms with van der Waals surface area (Å²) in [4.78, 5) is 24.7. The maximum atomic E-state index is 13.3. The molecule has 0 saturated carbocycles. The van der Waals surface area contributed by atoms with E-state index in [4.69, 9.17) is 9.72 Å². The number of para-hydroxylation sites is 1. The quantitative estimate of drug-likeness (QED) is 0.633. The summed E-state index contributed by atoms with van der Waals surface area (Å²) in [6.45, 7) is 8.42. The Bertz CT molecular complexity index is 1020. The fourth-order valence-corrected chi connectivity index (χ4v) is 4.18. The van der Waals surface area contributed by atoms with E-state index in [-0.39, 0.29) is 5.91 Å². The van der Waals surface area contributed by atoms with Gasteiger partial charge in [-0.3, -0.25) is 14.7 Å². The number of fused-ring (bicyclic) bond motifs is 1. The molecule has 1 N–H and O–H groups in total. The topological polar surface area (TPSA) is 67.4 Å². The highest BCUT2D eigenvalue weighted by atomic mass is 16.5. The molecule has 1 unspecified atom stereocenters. The van der Waals surface area contributed by atoms with Crippen molar-refractivity contribution in [3.8, 4) is 11.3 Å². The third-order valence-electron chi connectivity index (χ3n) is 5.72. The zero-order valence-electron chi connectivity index (χ0n) is 18.3. The molecular weight excluding hydrogens is 388 g/mol. The molecule has 1 aliphatic heterocycles. The zero-order chi connectivity index (χ0) is 21.6. The minimum atomic E-state index is -0.0641. The molecule has 162 valence electrons. The van der Waals surface area contributed by atoms with Crippen molar-refractivity contribution in [3.63, 3.8) is 0 Å². The molecule has 0 radical (unpaired) electrons. The first-order valence-electron chi connectivity index (χ1n) is 11.0. The normalized spacial score (nSPS) is 15.8. The highest BCUT2D eigenvalue weighted by Crippen LogP contribution is 2.24. The van der Waals surface area contributed by atoms with Crippen molar-refractivity contribution in [2.75, 3.05) is 32.8 Å². The third-order valence-corrected chi connectivity index (χ3v) is 5.72. The van der Waals surface area contributed by atoms with Crippen molar-refractivity contribution in [2.45, 2.75) is 26.3 Å². The molecule has 1 saturated heterocycles. The number of aromatic nitrogens is 2. The molecule has 1 amide bonds. The molecule has 0 spiro atoms. The molecule has 6 nitrogen and oxygen atoms in total. The van der Waals surface area contributed by atoms with E-state index in [1.165, 1.54) is 0 Å². The van der Waals surface area contributed by atoms with Gasteiger partial charge in [0.15, 0.2) is 0 Å². The van der Waals surface area contributed by atoms with E-state index in [0.29, 0.717) is 24.1 Å². The first-order valence-corrected chi connectivity index (χ1v) is 11.0. The standard InChI is InChI=1S/C25H30N4O2/c1-18(2)14-20(29-10-12-31-13-11-29)17-27-25(30)22-15-24(19-6-5-9-26-16-19)28-23-8-4-3-7-21(22)23/h3-9,15-16,18,20H,10-14,17H2,1-2H3,(H,27,30). The number of morpholine rings is 1. The van der Waals surface area contributed by atoms with E-state index in [0.717, 1.165) is 54.9 Å². The van der Waals surface area contributed by atoms with E-state index < -0.39 is 0 Å². The van der Waals surface area contributed by atoms with Crippen LogP contribution in [-0.4, -0.2) is 59.7 Å². The number of carbonyl (C=O) groups excluding carboxylic acids is 1. The molecule has 2 aromatic heterocycles. The van der Waals surface area contributed by atoms with Crippen LogP contribution in [0.25, 0.3) is 22.2 Å². The molecule has 31 heavy (non-hydrogen) atoms. The highest BCUT2D eigenvalue weighted by molar-refractivity contribution is 6.07.